The van der Waals surface area contributed by atoms with Gasteiger partial charge >= 0.3 is 0 Å². The van der Waals surface area contributed by atoms with Crippen LogP contribution in [0, 0.1) is 6.92 Å². The summed E-state index contributed by atoms with van der Waals surface area (Å²) >= 11 is 0. The molecule has 2 N–H and O–H groups in total. The molecule has 7 nitrogen and oxygen atoms in total. The highest BCUT2D eigenvalue weighted by Gasteiger charge is 2.47. The predicted molar refractivity (Wildman–Crippen MR) is 131 cm³/mol. The van der Waals surface area contributed by atoms with Gasteiger partial charge in [-0.15, -0.1) is 0 Å². The van der Waals surface area contributed by atoms with Gasteiger partial charge in [0.15, 0.2) is 0 Å². The Kier molecular flexibility index (Phi) is 7.03. The Labute approximate surface area is 199 Å². The van der Waals surface area contributed by atoms with Crippen molar-refractivity contribution < 1.29 is 24.2 Å². The van der Waals surface area contributed by atoms with Crippen molar-refractivity contribution in [2.24, 2.45) is 0 Å². The van der Waals surface area contributed by atoms with Crippen molar-refractivity contribution in [1.82, 2.24) is 9.88 Å². The van der Waals surface area contributed by atoms with E-state index in [4.69, 9.17) is 9.47 Å². The third-order valence-electron chi connectivity index (χ3n) is 6.08. The molecule has 1 atom stereocenters. The summed E-state index contributed by atoms with van der Waals surface area (Å²) in [5.74, 6) is -0.917. The van der Waals surface area contributed by atoms with Crippen LogP contribution >= 0.6 is 0 Å². The Morgan fingerprint density at radius 1 is 1.12 bits per heavy atom. The Morgan fingerprint density at radius 2 is 1.91 bits per heavy atom. The fraction of sp³-hybridized carbons (Fsp3) is 0.333. The Bertz CT molecular complexity index is 1240. The quantitative estimate of drug-likeness (QED) is 0.208. The van der Waals surface area contributed by atoms with Crippen molar-refractivity contribution in [3.8, 4) is 5.75 Å². The number of Topliss-reactive ketones (excluding diaryl/α,β-unsaturated/α-hetero) is 1. The van der Waals surface area contributed by atoms with Gasteiger partial charge in [-0.2, -0.15) is 0 Å². The van der Waals surface area contributed by atoms with Gasteiger partial charge in [0.25, 0.3) is 11.7 Å². The average Bonchev–Trinajstić information content (AvgIpc) is 3.30. The molecule has 4 rings (SSSR count). The molecule has 1 saturated heterocycles. The molecule has 2 aromatic carbocycles. The number of ketones is 1. The van der Waals surface area contributed by atoms with E-state index in [1.165, 1.54) is 0 Å². The number of aliphatic hydroxyl groups is 1. The van der Waals surface area contributed by atoms with E-state index in [1.807, 2.05) is 38.1 Å². The predicted octanol–water partition coefficient (Wildman–Crippen LogP) is 4.72. The molecule has 1 amide bonds. The maximum atomic E-state index is 13.3. The van der Waals surface area contributed by atoms with Crippen LogP contribution in [0.25, 0.3) is 16.7 Å². The molecule has 1 aliphatic heterocycles. The smallest absolute Gasteiger partial charge is 0.295 e. The number of aliphatic hydroxyl groups excluding tert-OH is 1. The summed E-state index contributed by atoms with van der Waals surface area (Å²) in [6.07, 6.45) is 1.42. The zero-order valence-corrected chi connectivity index (χ0v) is 19.8. The number of carbonyl (C=O) groups excluding carboxylic acids is 2. The molecular formula is C27H30N2O5. The molecule has 0 saturated carbocycles. The number of hydrogen-bond acceptors (Lipinski definition) is 5. The molecule has 178 valence electrons. The number of amides is 1. The van der Waals surface area contributed by atoms with E-state index >= 15 is 0 Å². The zero-order valence-electron chi connectivity index (χ0n) is 19.8. The Balaban J connectivity index is 1.88. The fourth-order valence-corrected chi connectivity index (χ4v) is 4.55. The molecule has 0 bridgehead atoms. The van der Waals surface area contributed by atoms with Crippen LogP contribution in [0.2, 0.25) is 0 Å². The van der Waals surface area contributed by atoms with Gasteiger partial charge in [-0.3, -0.25) is 9.59 Å². The van der Waals surface area contributed by atoms with E-state index in [0.29, 0.717) is 37.5 Å². The van der Waals surface area contributed by atoms with Crippen LogP contribution in [0.15, 0.2) is 54.1 Å². The lowest BCUT2D eigenvalue weighted by molar-refractivity contribution is -0.140. The van der Waals surface area contributed by atoms with Crippen molar-refractivity contribution in [2.45, 2.75) is 32.7 Å². The van der Waals surface area contributed by atoms with E-state index in [-0.39, 0.29) is 11.3 Å². The van der Waals surface area contributed by atoms with Gasteiger partial charge in [0.2, 0.25) is 0 Å². The number of fused-ring (bicyclic) bond motifs is 1. The summed E-state index contributed by atoms with van der Waals surface area (Å²) in [6, 6.07) is 14.0. The molecule has 0 aliphatic carbocycles. The number of para-hydroxylation sites is 1. The number of benzene rings is 2. The van der Waals surface area contributed by atoms with Gasteiger partial charge in [0, 0.05) is 48.0 Å². The highest BCUT2D eigenvalue weighted by atomic mass is 16.5. The number of carbonyl (C=O) groups is 2. The van der Waals surface area contributed by atoms with Gasteiger partial charge in [0.1, 0.15) is 11.5 Å². The van der Waals surface area contributed by atoms with Crippen LogP contribution in [-0.4, -0.2) is 53.5 Å². The molecule has 1 aliphatic rings. The molecule has 0 radical (unpaired) electrons. The van der Waals surface area contributed by atoms with Crippen molar-refractivity contribution in [3.63, 3.8) is 0 Å². The van der Waals surface area contributed by atoms with Crippen LogP contribution in [0.3, 0.4) is 0 Å². The molecule has 7 heteroatoms. The van der Waals surface area contributed by atoms with Crippen LogP contribution in [0.4, 0.5) is 0 Å². The standard InChI is InChI=1S/C27H30N2O5/c1-4-14-34-19-10-7-9-18(16-19)25(30)23-24(29(13-8-15-33-3)27(32)26(23)31)22-17(2)28-21-12-6-5-11-20(21)22/h5-7,9-12,16,24,28,30H,4,8,13-15H2,1-3H3/b25-23+. The van der Waals surface area contributed by atoms with Crippen molar-refractivity contribution in [3.05, 3.63) is 70.9 Å². The number of likely N-dealkylation sites (tertiary alicyclic amines) is 1. The molecule has 1 aromatic heterocycles. The summed E-state index contributed by atoms with van der Waals surface area (Å²) in [5.41, 5.74) is 3.09. The van der Waals surface area contributed by atoms with Gasteiger partial charge in [-0.25, -0.2) is 0 Å². The third kappa shape index (κ3) is 4.31. The van der Waals surface area contributed by atoms with Crippen LogP contribution in [0.1, 0.15) is 42.6 Å². The molecule has 34 heavy (non-hydrogen) atoms. The number of rotatable bonds is 9. The number of aromatic nitrogens is 1. The molecule has 3 aromatic rings. The third-order valence-corrected chi connectivity index (χ3v) is 6.08. The lowest BCUT2D eigenvalue weighted by atomic mass is 9.93. The first-order valence-electron chi connectivity index (χ1n) is 11.6. The minimum Gasteiger partial charge on any atom is -0.507 e. The normalized spacial score (nSPS) is 17.6. The fourth-order valence-electron chi connectivity index (χ4n) is 4.55. The Morgan fingerprint density at radius 3 is 2.68 bits per heavy atom. The van der Waals surface area contributed by atoms with Crippen LogP contribution < -0.4 is 4.74 Å². The van der Waals surface area contributed by atoms with E-state index in [9.17, 15) is 14.7 Å². The van der Waals surface area contributed by atoms with Crippen LogP contribution in [0.5, 0.6) is 5.75 Å². The highest BCUT2D eigenvalue weighted by molar-refractivity contribution is 6.46. The van der Waals surface area contributed by atoms with Crippen molar-refractivity contribution in [1.29, 1.82) is 0 Å². The summed E-state index contributed by atoms with van der Waals surface area (Å²) in [4.78, 5) is 31.4. The summed E-state index contributed by atoms with van der Waals surface area (Å²) in [5, 5.41) is 12.3. The highest BCUT2D eigenvalue weighted by Crippen LogP contribution is 2.43. The van der Waals surface area contributed by atoms with Gasteiger partial charge in [0.05, 0.1) is 18.2 Å². The monoisotopic (exact) mass is 462 g/mol. The van der Waals surface area contributed by atoms with E-state index in [0.717, 1.165) is 28.6 Å². The first-order chi connectivity index (χ1) is 16.5. The van der Waals surface area contributed by atoms with E-state index < -0.39 is 17.7 Å². The second-order valence-corrected chi connectivity index (χ2v) is 8.42. The van der Waals surface area contributed by atoms with E-state index in [2.05, 4.69) is 4.98 Å². The SMILES string of the molecule is CCCOc1cccc(/C(O)=C2\C(=O)C(=O)N(CCCOC)C2c2c(C)[nH]c3ccccc23)c1. The van der Waals surface area contributed by atoms with Crippen molar-refractivity contribution in [2.75, 3.05) is 26.9 Å². The number of nitrogens with zero attached hydrogens (tertiary/aromatic N) is 1. The summed E-state index contributed by atoms with van der Waals surface area (Å²) in [7, 11) is 1.60. The van der Waals surface area contributed by atoms with Crippen molar-refractivity contribution >= 4 is 28.4 Å². The summed E-state index contributed by atoms with van der Waals surface area (Å²) in [6.45, 7) is 5.27. The lowest BCUT2D eigenvalue weighted by Gasteiger charge is -2.25. The molecule has 1 fully saturated rings. The number of ether oxygens (including phenoxy) is 2. The second kappa shape index (κ2) is 10.1. The second-order valence-electron chi connectivity index (χ2n) is 8.42. The zero-order chi connectivity index (χ0) is 24.2. The number of nitrogens with one attached hydrogen (secondary N) is 1. The minimum absolute atomic E-state index is 0.0860. The van der Waals surface area contributed by atoms with Gasteiger partial charge in [-0.1, -0.05) is 37.3 Å². The minimum atomic E-state index is -0.715. The largest absolute Gasteiger partial charge is 0.507 e. The maximum Gasteiger partial charge on any atom is 0.295 e. The van der Waals surface area contributed by atoms with Gasteiger partial charge in [-0.05, 0) is 38.0 Å². The summed E-state index contributed by atoms with van der Waals surface area (Å²) < 4.78 is 10.9. The average molecular weight is 463 g/mol. The Hall–Kier alpha value is -3.58. The number of aromatic amines is 1. The maximum absolute atomic E-state index is 13.3. The molecular weight excluding hydrogens is 432 g/mol. The van der Waals surface area contributed by atoms with E-state index in [1.54, 1.807) is 36.3 Å². The number of aryl methyl sites for hydroxylation is 1. The number of hydrogen-bond donors (Lipinski definition) is 2. The topological polar surface area (TPSA) is 91.9 Å². The van der Waals surface area contributed by atoms with Gasteiger partial charge < -0.3 is 24.5 Å². The molecule has 2 heterocycles. The number of H-pyrrole nitrogens is 1. The first kappa shape index (κ1) is 23.6. The molecule has 1 unspecified atom stereocenters. The molecule has 0 spiro atoms. The lowest BCUT2D eigenvalue weighted by Crippen LogP contribution is -2.31. The number of methoxy groups -OCH3 is 1. The first-order valence-corrected chi connectivity index (χ1v) is 11.6. The van der Waals surface area contributed by atoms with Crippen LogP contribution in [-0.2, 0) is 14.3 Å².